The van der Waals surface area contributed by atoms with Crippen LogP contribution >= 0.6 is 0 Å². The number of halogens is 4. The Hall–Kier alpha value is -1.28. The van der Waals surface area contributed by atoms with E-state index >= 15 is 0 Å². The first-order chi connectivity index (χ1) is 7.77. The normalized spacial score (nSPS) is 10.9. The summed E-state index contributed by atoms with van der Waals surface area (Å²) in [5.41, 5.74) is -1.49. The SMILES string of the molecule is CC(C)Oc1c(F)c(F)c(B(O)O)c(F)c1F. The van der Waals surface area contributed by atoms with Crippen molar-refractivity contribution < 1.29 is 32.3 Å². The van der Waals surface area contributed by atoms with E-state index in [0.717, 1.165) is 0 Å². The van der Waals surface area contributed by atoms with Crippen molar-refractivity contribution >= 4 is 12.6 Å². The van der Waals surface area contributed by atoms with Crippen LogP contribution in [0.25, 0.3) is 0 Å². The van der Waals surface area contributed by atoms with E-state index in [-0.39, 0.29) is 0 Å². The standard InChI is InChI=1S/C9H9BF4O3/c1-3(2)17-9-7(13)5(11)4(10(15)16)6(12)8(9)14/h3,15-16H,1-2H3. The lowest BCUT2D eigenvalue weighted by atomic mass is 9.79. The van der Waals surface area contributed by atoms with E-state index in [1.165, 1.54) is 13.8 Å². The van der Waals surface area contributed by atoms with Gasteiger partial charge in [-0.3, -0.25) is 0 Å². The first kappa shape index (κ1) is 13.8. The second-order valence-corrected chi connectivity index (χ2v) is 3.54. The van der Waals surface area contributed by atoms with Crippen molar-refractivity contribution in [1.82, 2.24) is 0 Å². The molecule has 8 heteroatoms. The maximum atomic E-state index is 13.3. The monoisotopic (exact) mass is 252 g/mol. The van der Waals surface area contributed by atoms with Gasteiger partial charge < -0.3 is 14.8 Å². The molecule has 3 nitrogen and oxygen atoms in total. The Morgan fingerprint density at radius 3 is 1.65 bits per heavy atom. The molecule has 1 rings (SSSR count). The van der Waals surface area contributed by atoms with Crippen LogP contribution in [0.2, 0.25) is 0 Å². The van der Waals surface area contributed by atoms with E-state index in [4.69, 9.17) is 10.0 Å². The average molecular weight is 252 g/mol. The summed E-state index contributed by atoms with van der Waals surface area (Å²) in [5, 5.41) is 17.2. The van der Waals surface area contributed by atoms with Crippen LogP contribution in [0.4, 0.5) is 17.6 Å². The molecular weight excluding hydrogens is 243 g/mol. The summed E-state index contributed by atoms with van der Waals surface area (Å²) >= 11 is 0. The molecule has 0 aliphatic carbocycles. The molecule has 1 aromatic rings. The van der Waals surface area contributed by atoms with Crippen molar-refractivity contribution in [3.63, 3.8) is 0 Å². The number of benzene rings is 1. The number of rotatable bonds is 3. The van der Waals surface area contributed by atoms with Gasteiger partial charge >= 0.3 is 7.12 Å². The molecule has 0 unspecified atom stereocenters. The Bertz CT molecular complexity index is 408. The number of hydrogen-bond donors (Lipinski definition) is 2. The first-order valence-electron chi connectivity index (χ1n) is 4.66. The molecule has 0 aromatic heterocycles. The van der Waals surface area contributed by atoms with Crippen LogP contribution in [0.1, 0.15) is 13.8 Å². The van der Waals surface area contributed by atoms with Crippen LogP contribution in [0.5, 0.6) is 5.75 Å². The molecule has 0 radical (unpaired) electrons. The molecule has 0 aliphatic rings. The molecule has 2 N–H and O–H groups in total. The van der Waals surface area contributed by atoms with E-state index < -0.39 is 47.7 Å². The van der Waals surface area contributed by atoms with Crippen molar-refractivity contribution in [2.45, 2.75) is 20.0 Å². The summed E-state index contributed by atoms with van der Waals surface area (Å²) in [6.45, 7) is 2.81. The third-order valence-electron chi connectivity index (χ3n) is 1.87. The Balaban J connectivity index is 3.47. The minimum Gasteiger partial charge on any atom is -0.485 e. The third kappa shape index (κ3) is 2.53. The summed E-state index contributed by atoms with van der Waals surface area (Å²) in [7, 11) is -2.66. The summed E-state index contributed by atoms with van der Waals surface area (Å²) in [4.78, 5) is 0. The third-order valence-corrected chi connectivity index (χ3v) is 1.87. The zero-order valence-electron chi connectivity index (χ0n) is 8.97. The van der Waals surface area contributed by atoms with Crippen LogP contribution in [-0.2, 0) is 0 Å². The highest BCUT2D eigenvalue weighted by atomic mass is 19.2. The zero-order chi connectivity index (χ0) is 13.3. The van der Waals surface area contributed by atoms with E-state index in [1.54, 1.807) is 0 Å². The van der Waals surface area contributed by atoms with Crippen LogP contribution in [0.15, 0.2) is 0 Å². The van der Waals surface area contributed by atoms with E-state index in [1.807, 2.05) is 0 Å². The van der Waals surface area contributed by atoms with Crippen molar-refractivity contribution in [2.75, 3.05) is 0 Å². The fourth-order valence-corrected chi connectivity index (χ4v) is 1.19. The Morgan fingerprint density at radius 2 is 1.35 bits per heavy atom. The Kier molecular flexibility index (Phi) is 4.00. The van der Waals surface area contributed by atoms with Crippen molar-refractivity contribution in [3.8, 4) is 5.75 Å². The second-order valence-electron chi connectivity index (χ2n) is 3.54. The smallest absolute Gasteiger partial charge is 0.485 e. The average Bonchev–Trinajstić information content (AvgIpc) is 2.21. The predicted molar refractivity (Wildman–Crippen MR) is 51.9 cm³/mol. The lowest BCUT2D eigenvalue weighted by molar-refractivity contribution is 0.212. The van der Waals surface area contributed by atoms with Crippen LogP contribution < -0.4 is 10.2 Å². The lowest BCUT2D eigenvalue weighted by Gasteiger charge is -2.14. The van der Waals surface area contributed by atoms with E-state index in [2.05, 4.69) is 4.74 Å². The summed E-state index contributed by atoms with van der Waals surface area (Å²) in [6, 6.07) is 0. The molecule has 94 valence electrons. The van der Waals surface area contributed by atoms with Gasteiger partial charge in [0, 0.05) is 0 Å². The van der Waals surface area contributed by atoms with Crippen molar-refractivity contribution in [3.05, 3.63) is 23.3 Å². The molecule has 0 bridgehead atoms. The van der Waals surface area contributed by atoms with Crippen LogP contribution in [0, 0.1) is 23.3 Å². The highest BCUT2D eigenvalue weighted by molar-refractivity contribution is 6.58. The number of hydrogen-bond acceptors (Lipinski definition) is 3. The Morgan fingerprint density at radius 1 is 0.941 bits per heavy atom. The van der Waals surface area contributed by atoms with E-state index in [9.17, 15) is 17.6 Å². The fraction of sp³-hybridized carbons (Fsp3) is 0.333. The summed E-state index contributed by atoms with van der Waals surface area (Å²) in [5.74, 6) is -8.62. The Labute approximate surface area is 94.8 Å². The molecule has 0 atom stereocenters. The lowest BCUT2D eigenvalue weighted by Crippen LogP contribution is -2.37. The first-order valence-corrected chi connectivity index (χ1v) is 4.66. The molecular formula is C9H9BF4O3. The van der Waals surface area contributed by atoms with Crippen LogP contribution in [-0.4, -0.2) is 23.3 Å². The molecule has 0 heterocycles. The highest BCUT2D eigenvalue weighted by Gasteiger charge is 2.32. The molecule has 0 amide bonds. The van der Waals surface area contributed by atoms with Crippen molar-refractivity contribution in [1.29, 1.82) is 0 Å². The summed E-state index contributed by atoms with van der Waals surface area (Å²) in [6.07, 6.45) is -0.706. The largest absolute Gasteiger partial charge is 0.494 e. The molecule has 0 aliphatic heterocycles. The van der Waals surface area contributed by atoms with Gasteiger partial charge in [-0.25, -0.2) is 8.78 Å². The number of ether oxygens (including phenoxy) is 1. The van der Waals surface area contributed by atoms with Gasteiger partial charge in [0.05, 0.1) is 11.6 Å². The van der Waals surface area contributed by atoms with Gasteiger partial charge in [0.2, 0.25) is 11.6 Å². The molecule has 0 saturated heterocycles. The second kappa shape index (κ2) is 4.93. The van der Waals surface area contributed by atoms with Gasteiger partial charge in [0.1, 0.15) is 0 Å². The van der Waals surface area contributed by atoms with Gasteiger partial charge in [-0.15, -0.1) is 0 Å². The van der Waals surface area contributed by atoms with Gasteiger partial charge in [-0.05, 0) is 13.8 Å². The maximum absolute atomic E-state index is 13.3. The van der Waals surface area contributed by atoms with Crippen LogP contribution in [0.3, 0.4) is 0 Å². The van der Waals surface area contributed by atoms with Gasteiger partial charge in [0.25, 0.3) is 0 Å². The molecule has 1 aromatic carbocycles. The minimum atomic E-state index is -2.66. The quantitative estimate of drug-likeness (QED) is 0.473. The summed E-state index contributed by atoms with van der Waals surface area (Å²) < 4.78 is 57.6. The van der Waals surface area contributed by atoms with E-state index in [0.29, 0.717) is 0 Å². The molecule has 17 heavy (non-hydrogen) atoms. The van der Waals surface area contributed by atoms with Gasteiger partial charge in [-0.1, -0.05) is 0 Å². The van der Waals surface area contributed by atoms with Gasteiger partial charge in [0.15, 0.2) is 17.4 Å². The molecule has 0 spiro atoms. The highest BCUT2D eigenvalue weighted by Crippen LogP contribution is 2.26. The van der Waals surface area contributed by atoms with Gasteiger partial charge in [-0.2, -0.15) is 8.78 Å². The topological polar surface area (TPSA) is 49.7 Å². The predicted octanol–water partition coefficient (Wildman–Crippen LogP) is 0.710. The molecule has 0 saturated carbocycles. The molecule has 0 fully saturated rings. The fourth-order valence-electron chi connectivity index (χ4n) is 1.19. The zero-order valence-corrected chi connectivity index (χ0v) is 8.97. The maximum Gasteiger partial charge on any atom is 0.494 e. The van der Waals surface area contributed by atoms with Crippen molar-refractivity contribution in [2.24, 2.45) is 0 Å². The minimum absolute atomic E-state index is 0.706.